The number of rotatable bonds is 7. The summed E-state index contributed by atoms with van der Waals surface area (Å²) in [5.74, 6) is 96.8. The third-order valence-electron chi connectivity index (χ3n) is 4.72. The van der Waals surface area contributed by atoms with E-state index < -0.39 is 23.8 Å². The van der Waals surface area contributed by atoms with Crippen molar-refractivity contribution in [2.45, 2.75) is 39.2 Å². The number of esters is 1. The number of carbonyl (C=O) groups excluding carboxylic acids is 3. The Morgan fingerprint density at radius 1 is 0.404 bits per heavy atom. The van der Waals surface area contributed by atoms with Gasteiger partial charge < -0.3 is 15.4 Å². The highest BCUT2D eigenvalue weighted by Crippen LogP contribution is 2.02. The average molecular weight is 725 g/mol. The zero-order chi connectivity index (χ0) is 41.5. The quantitative estimate of drug-likeness (QED) is 0.221. The lowest BCUT2D eigenvalue weighted by molar-refractivity contribution is -0.144. The van der Waals surface area contributed by atoms with Gasteiger partial charge in [0, 0.05) is 42.1 Å². The smallest absolute Gasteiger partial charge is 0.328 e. The first-order valence-corrected chi connectivity index (χ1v) is 15.6. The summed E-state index contributed by atoms with van der Waals surface area (Å²) in [7, 11) is 1.20. The first kappa shape index (κ1) is 46.6. The highest BCUT2D eigenvalue weighted by molar-refractivity contribution is 5.96. The molecule has 0 aromatic rings. The molecule has 2 N–H and O–H groups in total. The van der Waals surface area contributed by atoms with Crippen molar-refractivity contribution in [2.24, 2.45) is 0 Å². The number of amides is 2. The minimum absolute atomic E-state index is 0.238. The van der Waals surface area contributed by atoms with Crippen molar-refractivity contribution in [3.05, 3.63) is 0 Å². The molecular weight excluding hydrogens is 705 g/mol. The molecule has 0 aliphatic heterocycles. The van der Waals surface area contributed by atoms with E-state index in [0.717, 1.165) is 0 Å². The van der Waals surface area contributed by atoms with E-state index in [0.29, 0.717) is 12.8 Å². The summed E-state index contributed by atoms with van der Waals surface area (Å²) in [6, 6.07) is -0.946. The Morgan fingerprint density at radius 3 is 0.982 bits per heavy atom. The summed E-state index contributed by atoms with van der Waals surface area (Å²) in [5.41, 5.74) is 0. The molecule has 57 heavy (non-hydrogen) atoms. The zero-order valence-corrected chi connectivity index (χ0v) is 30.5. The van der Waals surface area contributed by atoms with Crippen LogP contribution >= 0.6 is 0 Å². The van der Waals surface area contributed by atoms with Gasteiger partial charge in [-0.05, 0) is 223 Å². The molecule has 0 unspecified atom stereocenters. The summed E-state index contributed by atoms with van der Waals surface area (Å²) in [6.45, 7) is 3.62. The Kier molecular flexibility index (Phi) is 31.4. The molecule has 0 aromatic heterocycles. The van der Waals surface area contributed by atoms with Crippen molar-refractivity contribution >= 4 is 17.8 Å². The van der Waals surface area contributed by atoms with Crippen LogP contribution in [0.15, 0.2) is 0 Å². The van der Waals surface area contributed by atoms with Gasteiger partial charge in [-0.25, -0.2) is 4.79 Å². The predicted octanol–water partition coefficient (Wildman–Crippen LogP) is 0.0385. The predicted molar refractivity (Wildman–Crippen MR) is 218 cm³/mol. The van der Waals surface area contributed by atoms with Crippen LogP contribution in [0.1, 0.15) is 33.1 Å². The lowest BCUT2D eigenvalue weighted by atomic mass is 10.1. The van der Waals surface area contributed by atoms with Crippen LogP contribution in [-0.2, 0) is 19.1 Å². The summed E-state index contributed by atoms with van der Waals surface area (Å²) >= 11 is 0. The second kappa shape index (κ2) is 38.4. The highest BCUT2D eigenvalue weighted by Gasteiger charge is 2.20. The topological polar surface area (TPSA) is 84.5 Å². The first-order valence-electron chi connectivity index (χ1n) is 15.6. The Balaban J connectivity index is 4.66. The molecule has 0 spiro atoms. The van der Waals surface area contributed by atoms with E-state index in [1.54, 1.807) is 13.8 Å². The molecule has 1 atom stereocenters. The van der Waals surface area contributed by atoms with Crippen LogP contribution in [0.3, 0.4) is 0 Å². The van der Waals surface area contributed by atoms with E-state index >= 15 is 0 Å². The number of methoxy groups -OCH3 is 1. The zero-order valence-electron chi connectivity index (χ0n) is 30.5. The van der Waals surface area contributed by atoms with Gasteiger partial charge in [-0.2, -0.15) is 0 Å². The molecule has 0 bridgehead atoms. The van der Waals surface area contributed by atoms with Crippen molar-refractivity contribution in [2.75, 3.05) is 13.7 Å². The molecule has 0 saturated carbocycles. The first-order chi connectivity index (χ1) is 28.0. The maximum absolute atomic E-state index is 12.2. The number of hydrogen-bond donors (Lipinski definition) is 2. The van der Waals surface area contributed by atoms with E-state index in [9.17, 15) is 14.4 Å². The highest BCUT2D eigenvalue weighted by atomic mass is 16.5. The molecule has 0 rings (SSSR count). The Labute approximate surface area is 336 Å². The van der Waals surface area contributed by atoms with Crippen LogP contribution in [0, 0.1) is 237 Å². The minimum Gasteiger partial charge on any atom is -0.467 e. The van der Waals surface area contributed by atoms with Gasteiger partial charge in [-0.3, -0.25) is 9.59 Å². The standard InChI is InChI=1S/C51H20N2O4/c1-4-6-8-10-12-14-16-18-20-22-24-26-28-30-32-34-36-38-40-45-49(54)52-47-43-42-44-48(51(56)57-3)53-50(55)46-41-39-37-35-33-31-29-27-25-23-21-19-17-15-13-11-9-7-5-2/h48H,42-44,47H2,1-3H3,(H,52,54)(H,53,55)/t48-/m0/s1. The van der Waals surface area contributed by atoms with Crippen LogP contribution < -0.4 is 10.6 Å². The SMILES string of the molecule is CC#CC#CC#CC#CC#CC#CC#CC#CC#CC#CC(=O)NCCCC[C@H](NC(=O)C#CC#CC#CC#CC#CC#CC#CC#CC#CC#CC)C(=O)OC. The third kappa shape index (κ3) is 35.2. The minimum atomic E-state index is -0.946. The van der Waals surface area contributed by atoms with Gasteiger partial charge >= 0.3 is 5.97 Å². The molecule has 6 heteroatoms. The van der Waals surface area contributed by atoms with Crippen molar-refractivity contribution in [3.8, 4) is 237 Å². The summed E-state index contributed by atoms with van der Waals surface area (Å²) in [6.07, 6.45) is 1.19. The maximum Gasteiger partial charge on any atom is 0.328 e. The van der Waals surface area contributed by atoms with Gasteiger partial charge in [0.1, 0.15) is 6.04 Å². The van der Waals surface area contributed by atoms with E-state index in [2.05, 4.69) is 247 Å². The summed E-state index contributed by atoms with van der Waals surface area (Å²) < 4.78 is 4.75. The van der Waals surface area contributed by atoms with Crippen LogP contribution in [0.5, 0.6) is 0 Å². The number of carbonyl (C=O) groups is 3. The van der Waals surface area contributed by atoms with Crippen LogP contribution in [0.4, 0.5) is 0 Å². The Bertz CT molecular complexity index is 2940. The molecule has 0 heterocycles. The molecule has 0 fully saturated rings. The second-order valence-corrected chi connectivity index (χ2v) is 8.55. The lowest BCUT2D eigenvalue weighted by Crippen LogP contribution is -2.41. The molecule has 0 aliphatic rings. The van der Waals surface area contributed by atoms with Crippen LogP contribution in [0.25, 0.3) is 0 Å². The van der Waals surface area contributed by atoms with E-state index in [-0.39, 0.29) is 13.0 Å². The Hall–Kier alpha value is -10.4. The molecule has 2 amide bonds. The number of unbranched alkanes of at least 4 members (excludes halogenated alkanes) is 1. The summed E-state index contributed by atoms with van der Waals surface area (Å²) in [5, 5.41) is 5.07. The molecule has 0 radical (unpaired) electrons. The maximum atomic E-state index is 12.2. The third-order valence-corrected chi connectivity index (χ3v) is 4.72. The average Bonchev–Trinajstić information content (AvgIpc) is 3.21. The second-order valence-electron chi connectivity index (χ2n) is 8.55. The monoisotopic (exact) mass is 724 g/mol. The van der Waals surface area contributed by atoms with Gasteiger partial charge in [0.15, 0.2) is 0 Å². The molecule has 0 saturated heterocycles. The fraction of sp³-hybridized carbons (Fsp3) is 0.157. The molecule has 0 aromatic carbocycles. The van der Waals surface area contributed by atoms with Crippen molar-refractivity contribution in [1.29, 1.82) is 0 Å². The fourth-order valence-electron chi connectivity index (χ4n) is 2.61. The number of nitrogens with one attached hydrogen (secondary N) is 2. The van der Waals surface area contributed by atoms with Crippen molar-refractivity contribution < 1.29 is 19.1 Å². The van der Waals surface area contributed by atoms with Gasteiger partial charge in [0.25, 0.3) is 11.8 Å². The molecule has 0 aliphatic carbocycles. The summed E-state index contributed by atoms with van der Waals surface area (Å²) in [4.78, 5) is 36.1. The number of ether oxygens (including phenoxy) is 1. The van der Waals surface area contributed by atoms with E-state index in [1.165, 1.54) is 7.11 Å². The number of hydrogen-bond acceptors (Lipinski definition) is 4. The van der Waals surface area contributed by atoms with Gasteiger partial charge in [0.05, 0.1) is 7.11 Å². The van der Waals surface area contributed by atoms with Gasteiger partial charge in [-0.1, -0.05) is 11.8 Å². The van der Waals surface area contributed by atoms with Crippen LogP contribution in [-0.4, -0.2) is 37.5 Å². The van der Waals surface area contributed by atoms with Gasteiger partial charge in [-0.15, -0.1) is 0 Å². The Morgan fingerprint density at radius 2 is 0.684 bits per heavy atom. The van der Waals surface area contributed by atoms with Crippen molar-refractivity contribution in [3.63, 3.8) is 0 Å². The van der Waals surface area contributed by atoms with Crippen LogP contribution in [0.2, 0.25) is 0 Å². The normalized spacial score (nSPS) is 6.23. The molecular formula is C51H20N2O4. The van der Waals surface area contributed by atoms with E-state index in [1.807, 2.05) is 0 Å². The van der Waals surface area contributed by atoms with Gasteiger partial charge in [0.2, 0.25) is 0 Å². The largest absolute Gasteiger partial charge is 0.467 e. The fourth-order valence-corrected chi connectivity index (χ4v) is 2.61. The lowest BCUT2D eigenvalue weighted by Gasteiger charge is -2.14. The molecule has 6 nitrogen and oxygen atoms in total. The van der Waals surface area contributed by atoms with E-state index in [4.69, 9.17) is 4.74 Å². The molecule has 258 valence electrons. The van der Waals surface area contributed by atoms with Crippen molar-refractivity contribution in [1.82, 2.24) is 10.6 Å².